The summed E-state index contributed by atoms with van der Waals surface area (Å²) in [6.07, 6.45) is 0. The number of fused-ring (bicyclic) bond motifs is 9. The zero-order chi connectivity index (χ0) is 37.1. The molecule has 0 N–H and O–H groups in total. The van der Waals surface area contributed by atoms with Crippen LogP contribution in [0.5, 0.6) is 0 Å². The highest BCUT2D eigenvalue weighted by atomic mass is 32.2. The van der Waals surface area contributed by atoms with Crippen molar-refractivity contribution in [3.05, 3.63) is 229 Å². The van der Waals surface area contributed by atoms with Gasteiger partial charge in [-0.3, -0.25) is 0 Å². The molecular formula is C53H34N2S. The fraction of sp³-hybridized carbons (Fsp3) is 0.0189. The van der Waals surface area contributed by atoms with Gasteiger partial charge in [0.1, 0.15) is 0 Å². The summed E-state index contributed by atoms with van der Waals surface area (Å²) in [5, 5.41) is 0. The standard InChI is InChI=1S/C53H34N2S/c1-3-17-35(18-4-1)38-21-7-9-25-42(38)48-34-49(55-52(54-48)36-19-5-2-6-20-36)43-26-10-8-22-39(43)37-31-32-47-51(33-37)56-50-30-16-15-29-46(50)53(47)44-27-13-11-23-40(44)41-24-12-14-28-45(41)53/h1-34H. The second kappa shape index (κ2) is 13.2. The Kier molecular flexibility index (Phi) is 7.68. The van der Waals surface area contributed by atoms with Crippen molar-refractivity contribution in [2.24, 2.45) is 0 Å². The SMILES string of the molecule is c1ccc(-c2nc(-c3ccccc3-c3ccccc3)cc(-c3ccccc3-c3ccc4c(c3)Sc3ccccc3C43c4ccccc4-c4ccccc43)n2)cc1. The Bertz CT molecular complexity index is 2910. The lowest BCUT2D eigenvalue weighted by molar-refractivity contribution is 0.722. The van der Waals surface area contributed by atoms with Crippen molar-refractivity contribution < 1.29 is 0 Å². The zero-order valence-electron chi connectivity index (χ0n) is 30.4. The lowest BCUT2D eigenvalue weighted by atomic mass is 9.67. The van der Waals surface area contributed by atoms with E-state index in [1.165, 1.54) is 43.2 Å². The summed E-state index contributed by atoms with van der Waals surface area (Å²) in [5.74, 6) is 0.703. The monoisotopic (exact) mass is 730 g/mol. The first kappa shape index (κ1) is 32.6. The number of rotatable bonds is 5. The van der Waals surface area contributed by atoms with Crippen LogP contribution in [-0.4, -0.2) is 9.97 Å². The van der Waals surface area contributed by atoms with Gasteiger partial charge in [0.05, 0.1) is 16.8 Å². The van der Waals surface area contributed by atoms with Crippen molar-refractivity contribution in [3.63, 3.8) is 0 Å². The van der Waals surface area contributed by atoms with Crippen LogP contribution < -0.4 is 0 Å². The summed E-state index contributed by atoms with van der Waals surface area (Å²) < 4.78 is 0. The maximum absolute atomic E-state index is 5.30. The third-order valence-corrected chi connectivity index (χ3v) is 12.5. The van der Waals surface area contributed by atoms with E-state index >= 15 is 0 Å². The van der Waals surface area contributed by atoms with Crippen LogP contribution in [0.3, 0.4) is 0 Å². The van der Waals surface area contributed by atoms with E-state index in [2.05, 4.69) is 188 Å². The van der Waals surface area contributed by atoms with Gasteiger partial charge in [-0.25, -0.2) is 9.97 Å². The Morgan fingerprint density at radius 1 is 0.304 bits per heavy atom. The molecular weight excluding hydrogens is 697 g/mol. The second-order valence-electron chi connectivity index (χ2n) is 14.4. The van der Waals surface area contributed by atoms with Crippen LogP contribution >= 0.6 is 11.8 Å². The van der Waals surface area contributed by atoms with E-state index < -0.39 is 5.41 Å². The zero-order valence-corrected chi connectivity index (χ0v) is 31.2. The van der Waals surface area contributed by atoms with E-state index in [1.807, 2.05) is 30.0 Å². The molecule has 2 heterocycles. The van der Waals surface area contributed by atoms with E-state index in [1.54, 1.807) is 0 Å². The summed E-state index contributed by atoms with van der Waals surface area (Å²) in [6.45, 7) is 0. The quantitative estimate of drug-likeness (QED) is 0.176. The van der Waals surface area contributed by atoms with Crippen LogP contribution in [0.1, 0.15) is 22.3 Å². The predicted octanol–water partition coefficient (Wildman–Crippen LogP) is 13.6. The average Bonchev–Trinajstić information content (AvgIpc) is 3.57. The average molecular weight is 731 g/mol. The molecule has 262 valence electrons. The number of hydrogen-bond donors (Lipinski definition) is 0. The summed E-state index contributed by atoms with van der Waals surface area (Å²) >= 11 is 1.88. The summed E-state index contributed by atoms with van der Waals surface area (Å²) in [4.78, 5) is 13.1. The van der Waals surface area contributed by atoms with Gasteiger partial charge in [0.25, 0.3) is 0 Å². The Morgan fingerprint density at radius 3 is 1.36 bits per heavy atom. The van der Waals surface area contributed by atoms with Crippen molar-refractivity contribution in [1.82, 2.24) is 9.97 Å². The van der Waals surface area contributed by atoms with Gasteiger partial charge in [-0.05, 0) is 73.8 Å². The Balaban J connectivity index is 1.11. The van der Waals surface area contributed by atoms with E-state index in [-0.39, 0.29) is 0 Å². The minimum Gasteiger partial charge on any atom is -0.228 e. The third kappa shape index (κ3) is 5.05. The molecule has 0 saturated heterocycles. The van der Waals surface area contributed by atoms with Gasteiger partial charge in [-0.1, -0.05) is 200 Å². The third-order valence-electron chi connectivity index (χ3n) is 11.4. The van der Waals surface area contributed by atoms with E-state index in [4.69, 9.17) is 9.97 Å². The largest absolute Gasteiger partial charge is 0.228 e. The molecule has 3 heteroatoms. The Labute approximate surface area is 331 Å². The second-order valence-corrected chi connectivity index (χ2v) is 15.5. The first-order valence-corrected chi connectivity index (χ1v) is 19.9. The molecule has 2 aliphatic rings. The molecule has 1 aliphatic heterocycles. The van der Waals surface area contributed by atoms with Crippen LogP contribution in [0.25, 0.3) is 67.3 Å². The molecule has 0 atom stereocenters. The van der Waals surface area contributed by atoms with Crippen molar-refractivity contribution in [3.8, 4) is 67.3 Å². The fourth-order valence-electron chi connectivity index (χ4n) is 9.00. The first-order chi connectivity index (χ1) is 27.8. The smallest absolute Gasteiger partial charge is 0.160 e. The number of aromatic nitrogens is 2. The normalized spacial score (nSPS) is 13.1. The summed E-state index contributed by atoms with van der Waals surface area (Å²) in [6, 6.07) is 74.3. The van der Waals surface area contributed by atoms with Crippen molar-refractivity contribution >= 4 is 11.8 Å². The topological polar surface area (TPSA) is 25.8 Å². The summed E-state index contributed by atoms with van der Waals surface area (Å²) in [5.41, 5.74) is 17.1. The fourth-order valence-corrected chi connectivity index (χ4v) is 10.2. The highest BCUT2D eigenvalue weighted by molar-refractivity contribution is 7.99. The van der Waals surface area contributed by atoms with Gasteiger partial charge in [0.15, 0.2) is 5.82 Å². The molecule has 56 heavy (non-hydrogen) atoms. The van der Waals surface area contributed by atoms with E-state index in [0.717, 1.165) is 50.3 Å². The van der Waals surface area contributed by atoms with Gasteiger partial charge in [-0.15, -0.1) is 0 Å². The minimum atomic E-state index is -0.402. The van der Waals surface area contributed by atoms with Gasteiger partial charge in [0.2, 0.25) is 0 Å². The highest BCUT2D eigenvalue weighted by Crippen LogP contribution is 2.62. The Morgan fingerprint density at radius 2 is 0.750 bits per heavy atom. The number of benzene rings is 8. The Hall–Kier alpha value is -6.81. The molecule has 0 bridgehead atoms. The van der Waals surface area contributed by atoms with Crippen molar-refractivity contribution in [1.29, 1.82) is 0 Å². The lowest BCUT2D eigenvalue weighted by Crippen LogP contribution is -2.31. The first-order valence-electron chi connectivity index (χ1n) is 19.1. The molecule has 1 aromatic heterocycles. The molecule has 8 aromatic carbocycles. The maximum atomic E-state index is 5.30. The van der Waals surface area contributed by atoms with Gasteiger partial charge in [0, 0.05) is 26.5 Å². The molecule has 0 fully saturated rings. The van der Waals surface area contributed by atoms with Gasteiger partial charge < -0.3 is 0 Å². The molecule has 11 rings (SSSR count). The highest BCUT2D eigenvalue weighted by Gasteiger charge is 2.50. The molecule has 2 nitrogen and oxygen atoms in total. The maximum Gasteiger partial charge on any atom is 0.160 e. The molecule has 9 aromatic rings. The van der Waals surface area contributed by atoms with Crippen LogP contribution in [0.4, 0.5) is 0 Å². The number of nitrogens with zero attached hydrogens (tertiary/aromatic N) is 2. The molecule has 0 saturated carbocycles. The van der Waals surface area contributed by atoms with E-state index in [0.29, 0.717) is 5.82 Å². The van der Waals surface area contributed by atoms with Gasteiger partial charge >= 0.3 is 0 Å². The van der Waals surface area contributed by atoms with Crippen LogP contribution in [-0.2, 0) is 5.41 Å². The minimum absolute atomic E-state index is 0.402. The van der Waals surface area contributed by atoms with Crippen molar-refractivity contribution in [2.45, 2.75) is 15.2 Å². The van der Waals surface area contributed by atoms with Crippen LogP contribution in [0.2, 0.25) is 0 Å². The van der Waals surface area contributed by atoms with Gasteiger partial charge in [-0.2, -0.15) is 0 Å². The summed E-state index contributed by atoms with van der Waals surface area (Å²) in [7, 11) is 0. The number of hydrogen-bond acceptors (Lipinski definition) is 3. The molecule has 1 aliphatic carbocycles. The predicted molar refractivity (Wildman–Crippen MR) is 231 cm³/mol. The molecule has 0 unspecified atom stereocenters. The van der Waals surface area contributed by atoms with Crippen molar-refractivity contribution in [2.75, 3.05) is 0 Å². The van der Waals surface area contributed by atoms with E-state index in [9.17, 15) is 0 Å². The lowest BCUT2D eigenvalue weighted by Gasteiger charge is -2.39. The molecule has 0 radical (unpaired) electrons. The molecule has 1 spiro atoms. The molecule has 0 amide bonds. The van der Waals surface area contributed by atoms with Crippen LogP contribution in [0.15, 0.2) is 216 Å². The van der Waals surface area contributed by atoms with Crippen LogP contribution in [0, 0.1) is 0 Å².